The first-order valence-electron chi connectivity index (χ1n) is 4.26. The summed E-state index contributed by atoms with van der Waals surface area (Å²) in [6.07, 6.45) is 0.329. The van der Waals surface area contributed by atoms with Gasteiger partial charge in [0.15, 0.2) is 0 Å². The van der Waals surface area contributed by atoms with Crippen LogP contribution in [-0.4, -0.2) is 17.4 Å². The Kier molecular flexibility index (Phi) is 4.03. The van der Waals surface area contributed by atoms with E-state index in [9.17, 15) is 4.79 Å². The molecule has 0 spiro atoms. The number of nitrogens with zero attached hydrogens (tertiary/aromatic N) is 1. The summed E-state index contributed by atoms with van der Waals surface area (Å²) in [5.74, 6) is -0.0836. The number of aryl methyl sites for hydroxylation is 1. The molecule has 1 heterocycles. The fourth-order valence-corrected chi connectivity index (χ4v) is 1.40. The van der Waals surface area contributed by atoms with Gasteiger partial charge in [0.1, 0.15) is 4.60 Å². The third kappa shape index (κ3) is 3.08. The van der Waals surface area contributed by atoms with Gasteiger partial charge in [-0.3, -0.25) is 4.79 Å². The van der Waals surface area contributed by atoms with Crippen LogP contribution in [0.25, 0.3) is 0 Å². The van der Waals surface area contributed by atoms with Crippen molar-refractivity contribution in [1.29, 1.82) is 0 Å². The molecule has 1 amide bonds. The van der Waals surface area contributed by atoms with Crippen molar-refractivity contribution in [2.45, 2.75) is 13.3 Å². The van der Waals surface area contributed by atoms with E-state index >= 15 is 0 Å². The van der Waals surface area contributed by atoms with Gasteiger partial charge in [-0.15, -0.1) is 0 Å². The molecule has 3 N–H and O–H groups in total. The normalized spacial score (nSPS) is 9.93. The van der Waals surface area contributed by atoms with E-state index < -0.39 is 0 Å². The van der Waals surface area contributed by atoms with Crippen molar-refractivity contribution in [3.63, 3.8) is 0 Å². The van der Waals surface area contributed by atoms with Crippen molar-refractivity contribution >= 4 is 27.5 Å². The third-order valence-corrected chi connectivity index (χ3v) is 2.14. The van der Waals surface area contributed by atoms with Gasteiger partial charge in [-0.2, -0.15) is 0 Å². The number of rotatable bonds is 3. The average molecular weight is 258 g/mol. The third-order valence-electron chi connectivity index (χ3n) is 1.70. The molecule has 0 aliphatic rings. The van der Waals surface area contributed by atoms with Crippen molar-refractivity contribution in [1.82, 2.24) is 4.98 Å². The smallest absolute Gasteiger partial charge is 0.225 e. The molecule has 0 unspecified atom stereocenters. The summed E-state index contributed by atoms with van der Waals surface area (Å²) in [6, 6.07) is 3.59. The van der Waals surface area contributed by atoms with E-state index in [-0.39, 0.29) is 5.91 Å². The first-order chi connectivity index (χ1) is 6.63. The Morgan fingerprint density at radius 1 is 1.64 bits per heavy atom. The Hall–Kier alpha value is -0.940. The zero-order chi connectivity index (χ0) is 10.6. The summed E-state index contributed by atoms with van der Waals surface area (Å²) in [4.78, 5) is 15.4. The van der Waals surface area contributed by atoms with E-state index in [1.165, 1.54) is 0 Å². The van der Waals surface area contributed by atoms with Crippen molar-refractivity contribution in [2.24, 2.45) is 5.73 Å². The Balaban J connectivity index is 2.72. The number of halogens is 1. The molecule has 1 aromatic heterocycles. The second-order valence-electron chi connectivity index (χ2n) is 2.85. The second kappa shape index (κ2) is 5.07. The van der Waals surface area contributed by atoms with E-state index in [2.05, 4.69) is 26.2 Å². The molecule has 0 saturated heterocycles. The summed E-state index contributed by atoms with van der Waals surface area (Å²) >= 11 is 3.25. The van der Waals surface area contributed by atoms with Crippen LogP contribution in [0.1, 0.15) is 12.1 Å². The average Bonchev–Trinajstić information content (AvgIpc) is 2.10. The van der Waals surface area contributed by atoms with Gasteiger partial charge in [0.2, 0.25) is 5.91 Å². The van der Waals surface area contributed by atoms with Crippen molar-refractivity contribution in [3.05, 3.63) is 22.4 Å². The van der Waals surface area contributed by atoms with Crippen LogP contribution in [0.3, 0.4) is 0 Å². The van der Waals surface area contributed by atoms with Crippen LogP contribution in [0.15, 0.2) is 16.7 Å². The highest BCUT2D eigenvalue weighted by atomic mass is 79.9. The fraction of sp³-hybridized carbons (Fsp3) is 0.333. The molecule has 0 saturated carbocycles. The van der Waals surface area contributed by atoms with Crippen LogP contribution in [0, 0.1) is 6.92 Å². The molecule has 0 atom stereocenters. The van der Waals surface area contributed by atoms with Crippen LogP contribution >= 0.6 is 15.9 Å². The number of hydrogen-bond acceptors (Lipinski definition) is 3. The minimum Gasteiger partial charge on any atom is -0.330 e. The number of anilines is 1. The molecule has 14 heavy (non-hydrogen) atoms. The maximum atomic E-state index is 11.2. The molecule has 0 radical (unpaired) electrons. The molecule has 76 valence electrons. The number of nitrogens with two attached hydrogens (primary N) is 1. The van der Waals surface area contributed by atoms with E-state index in [1.807, 2.05) is 6.92 Å². The number of nitrogens with one attached hydrogen (secondary N) is 1. The minimum absolute atomic E-state index is 0.0836. The Morgan fingerprint density at radius 3 is 2.93 bits per heavy atom. The number of hydrogen-bond donors (Lipinski definition) is 2. The summed E-state index contributed by atoms with van der Waals surface area (Å²) in [6.45, 7) is 2.19. The lowest BCUT2D eigenvalue weighted by Gasteiger charge is -2.06. The van der Waals surface area contributed by atoms with Gasteiger partial charge in [0.25, 0.3) is 0 Å². The fourth-order valence-electron chi connectivity index (χ4n) is 1.01. The Bertz CT molecular complexity index is 341. The molecule has 5 heteroatoms. The van der Waals surface area contributed by atoms with Gasteiger partial charge in [-0.25, -0.2) is 4.98 Å². The summed E-state index contributed by atoms with van der Waals surface area (Å²) in [5, 5.41) is 2.74. The first-order valence-corrected chi connectivity index (χ1v) is 5.06. The summed E-state index contributed by atoms with van der Waals surface area (Å²) in [5.41, 5.74) is 6.77. The molecule has 4 nitrogen and oxygen atoms in total. The highest BCUT2D eigenvalue weighted by Gasteiger charge is 2.04. The lowest BCUT2D eigenvalue weighted by Crippen LogP contribution is -2.17. The molecule has 0 aliphatic carbocycles. The summed E-state index contributed by atoms with van der Waals surface area (Å²) in [7, 11) is 0. The minimum atomic E-state index is -0.0836. The van der Waals surface area contributed by atoms with Crippen LogP contribution in [0.4, 0.5) is 5.69 Å². The highest BCUT2D eigenvalue weighted by Crippen LogP contribution is 2.15. The monoisotopic (exact) mass is 257 g/mol. The largest absolute Gasteiger partial charge is 0.330 e. The van der Waals surface area contributed by atoms with Crippen LogP contribution in [0.5, 0.6) is 0 Å². The van der Waals surface area contributed by atoms with Crippen molar-refractivity contribution < 1.29 is 4.79 Å². The van der Waals surface area contributed by atoms with E-state index in [1.54, 1.807) is 12.1 Å². The van der Waals surface area contributed by atoms with Gasteiger partial charge >= 0.3 is 0 Å². The van der Waals surface area contributed by atoms with E-state index in [0.29, 0.717) is 13.0 Å². The molecular formula is C9H12BrN3O. The number of carbonyl (C=O) groups excluding carboxylic acids is 1. The van der Waals surface area contributed by atoms with E-state index in [4.69, 9.17) is 5.73 Å². The number of pyridine rings is 1. The zero-order valence-corrected chi connectivity index (χ0v) is 9.47. The lowest BCUT2D eigenvalue weighted by molar-refractivity contribution is -0.116. The van der Waals surface area contributed by atoms with Gasteiger partial charge in [0.05, 0.1) is 11.4 Å². The number of carbonyl (C=O) groups is 1. The number of amides is 1. The second-order valence-corrected chi connectivity index (χ2v) is 3.67. The lowest BCUT2D eigenvalue weighted by atomic mass is 10.3. The Morgan fingerprint density at radius 2 is 2.36 bits per heavy atom. The molecular weight excluding hydrogens is 246 g/mol. The predicted octanol–water partition coefficient (Wildman–Crippen LogP) is 1.44. The van der Waals surface area contributed by atoms with Gasteiger partial charge in [-0.05, 0) is 35.0 Å². The zero-order valence-electron chi connectivity index (χ0n) is 7.88. The first kappa shape index (κ1) is 11.1. The SMILES string of the molecule is Cc1nc(Br)ccc1NC(=O)CCN. The van der Waals surface area contributed by atoms with Crippen LogP contribution in [-0.2, 0) is 4.79 Å². The maximum Gasteiger partial charge on any atom is 0.225 e. The molecule has 0 fully saturated rings. The predicted molar refractivity (Wildman–Crippen MR) is 59.0 cm³/mol. The molecule has 0 bridgehead atoms. The van der Waals surface area contributed by atoms with Crippen LogP contribution in [0.2, 0.25) is 0 Å². The number of aromatic nitrogens is 1. The Labute approximate surface area is 91.0 Å². The maximum absolute atomic E-state index is 11.2. The van der Waals surface area contributed by atoms with E-state index in [0.717, 1.165) is 16.0 Å². The molecule has 0 aliphatic heterocycles. The van der Waals surface area contributed by atoms with Crippen molar-refractivity contribution in [3.8, 4) is 0 Å². The standard InChI is InChI=1S/C9H12BrN3O/c1-6-7(2-3-8(10)12-6)13-9(14)4-5-11/h2-3H,4-5,11H2,1H3,(H,13,14). The quantitative estimate of drug-likeness (QED) is 0.806. The molecule has 0 aromatic carbocycles. The van der Waals surface area contributed by atoms with Crippen LogP contribution < -0.4 is 11.1 Å². The van der Waals surface area contributed by atoms with Crippen molar-refractivity contribution in [2.75, 3.05) is 11.9 Å². The summed E-state index contributed by atoms with van der Waals surface area (Å²) < 4.78 is 0.756. The molecule has 1 rings (SSSR count). The van der Waals surface area contributed by atoms with Gasteiger partial charge < -0.3 is 11.1 Å². The highest BCUT2D eigenvalue weighted by molar-refractivity contribution is 9.10. The molecule has 1 aromatic rings. The van der Waals surface area contributed by atoms with Gasteiger partial charge in [-0.1, -0.05) is 0 Å². The topological polar surface area (TPSA) is 68.0 Å². The van der Waals surface area contributed by atoms with Gasteiger partial charge in [0, 0.05) is 13.0 Å².